The first-order chi connectivity index (χ1) is 9.74. The highest BCUT2D eigenvalue weighted by molar-refractivity contribution is 6.31. The summed E-state index contributed by atoms with van der Waals surface area (Å²) in [6.07, 6.45) is 0.565. The van der Waals surface area contributed by atoms with Gasteiger partial charge in [0.1, 0.15) is 0 Å². The molecule has 0 radical (unpaired) electrons. The van der Waals surface area contributed by atoms with E-state index in [4.69, 9.17) is 16.1 Å². The largest absolute Gasteiger partial charge is 0.334 e. The van der Waals surface area contributed by atoms with Gasteiger partial charge in [-0.25, -0.2) is 0 Å². The first-order valence-corrected chi connectivity index (χ1v) is 6.74. The number of aryl methyl sites for hydroxylation is 1. The van der Waals surface area contributed by atoms with Gasteiger partial charge in [0, 0.05) is 17.0 Å². The molecule has 0 amide bonds. The van der Waals surface area contributed by atoms with Gasteiger partial charge in [-0.2, -0.15) is 4.98 Å². The van der Waals surface area contributed by atoms with Gasteiger partial charge in [-0.3, -0.25) is 0 Å². The van der Waals surface area contributed by atoms with Crippen molar-refractivity contribution in [1.29, 1.82) is 0 Å². The van der Waals surface area contributed by atoms with E-state index in [0.29, 0.717) is 18.1 Å². The smallest absolute Gasteiger partial charge is 0.258 e. The lowest BCUT2D eigenvalue weighted by molar-refractivity contribution is 0.423. The Morgan fingerprint density at radius 3 is 2.60 bits per heavy atom. The first-order valence-electron chi connectivity index (χ1n) is 6.36. The lowest BCUT2D eigenvalue weighted by atomic mass is 10.1. The van der Waals surface area contributed by atoms with Gasteiger partial charge in [-0.15, -0.1) is 0 Å². The van der Waals surface area contributed by atoms with E-state index < -0.39 is 0 Å². The SMILES string of the molecule is Cc1ccccc1-c1nc(Cc2ccccc2Cl)no1. The van der Waals surface area contributed by atoms with Gasteiger partial charge in [0.25, 0.3) is 5.89 Å². The monoisotopic (exact) mass is 284 g/mol. The van der Waals surface area contributed by atoms with Crippen LogP contribution in [-0.4, -0.2) is 10.1 Å². The fourth-order valence-corrected chi connectivity index (χ4v) is 2.26. The Kier molecular flexibility index (Phi) is 3.52. The zero-order chi connectivity index (χ0) is 13.9. The fraction of sp³-hybridized carbons (Fsp3) is 0.125. The number of aromatic nitrogens is 2. The minimum absolute atomic E-state index is 0.546. The molecule has 0 saturated heterocycles. The summed E-state index contributed by atoms with van der Waals surface area (Å²) < 4.78 is 5.34. The van der Waals surface area contributed by atoms with Crippen LogP contribution in [0.5, 0.6) is 0 Å². The van der Waals surface area contributed by atoms with Gasteiger partial charge < -0.3 is 4.52 Å². The number of rotatable bonds is 3. The Morgan fingerprint density at radius 1 is 1.05 bits per heavy atom. The number of hydrogen-bond donors (Lipinski definition) is 0. The van der Waals surface area contributed by atoms with E-state index in [9.17, 15) is 0 Å². The zero-order valence-electron chi connectivity index (χ0n) is 11.0. The highest BCUT2D eigenvalue weighted by Crippen LogP contribution is 2.23. The molecule has 0 bridgehead atoms. The van der Waals surface area contributed by atoms with E-state index in [0.717, 1.165) is 21.7 Å². The molecule has 0 N–H and O–H groups in total. The molecule has 3 aromatic rings. The fourth-order valence-electron chi connectivity index (χ4n) is 2.06. The van der Waals surface area contributed by atoms with Gasteiger partial charge in [0.2, 0.25) is 0 Å². The van der Waals surface area contributed by atoms with Crippen LogP contribution in [0.1, 0.15) is 17.0 Å². The third-order valence-corrected chi connectivity index (χ3v) is 3.52. The number of benzene rings is 2. The summed E-state index contributed by atoms with van der Waals surface area (Å²) in [5.74, 6) is 1.18. The van der Waals surface area contributed by atoms with Crippen molar-refractivity contribution in [2.24, 2.45) is 0 Å². The van der Waals surface area contributed by atoms with Crippen molar-refractivity contribution in [3.05, 3.63) is 70.5 Å². The summed E-state index contributed by atoms with van der Waals surface area (Å²) in [6, 6.07) is 15.6. The standard InChI is InChI=1S/C16H13ClN2O/c1-11-6-2-4-8-13(11)16-18-15(19-20-16)10-12-7-3-5-9-14(12)17/h2-9H,10H2,1H3. The van der Waals surface area contributed by atoms with Crippen molar-refractivity contribution in [2.45, 2.75) is 13.3 Å². The third-order valence-electron chi connectivity index (χ3n) is 3.15. The highest BCUT2D eigenvalue weighted by Gasteiger charge is 2.12. The van der Waals surface area contributed by atoms with Crippen molar-refractivity contribution < 1.29 is 4.52 Å². The molecule has 0 aliphatic rings. The Bertz CT molecular complexity index is 737. The second kappa shape index (κ2) is 5.47. The first kappa shape index (κ1) is 12.9. The molecule has 3 rings (SSSR count). The molecule has 4 heteroatoms. The summed E-state index contributed by atoms with van der Waals surface area (Å²) in [7, 11) is 0. The summed E-state index contributed by atoms with van der Waals surface area (Å²) >= 11 is 6.14. The average molecular weight is 285 g/mol. The van der Waals surface area contributed by atoms with Crippen LogP contribution < -0.4 is 0 Å². The highest BCUT2D eigenvalue weighted by atomic mass is 35.5. The molecular formula is C16H13ClN2O. The van der Waals surface area contributed by atoms with Crippen LogP contribution in [0.2, 0.25) is 5.02 Å². The van der Waals surface area contributed by atoms with Crippen LogP contribution in [0.25, 0.3) is 11.5 Å². The quantitative estimate of drug-likeness (QED) is 0.720. The molecule has 100 valence electrons. The van der Waals surface area contributed by atoms with Gasteiger partial charge in [0.15, 0.2) is 5.82 Å². The summed E-state index contributed by atoms with van der Waals surface area (Å²) in [5, 5.41) is 4.74. The molecule has 0 aliphatic heterocycles. The van der Waals surface area contributed by atoms with E-state index in [1.807, 2.05) is 55.5 Å². The maximum absolute atomic E-state index is 6.14. The molecule has 1 aromatic heterocycles. The number of nitrogens with zero attached hydrogens (tertiary/aromatic N) is 2. The van der Waals surface area contributed by atoms with E-state index >= 15 is 0 Å². The topological polar surface area (TPSA) is 38.9 Å². The van der Waals surface area contributed by atoms with Gasteiger partial charge >= 0.3 is 0 Å². The third kappa shape index (κ3) is 2.58. The lowest BCUT2D eigenvalue weighted by Crippen LogP contribution is -1.92. The van der Waals surface area contributed by atoms with E-state index in [1.54, 1.807) is 0 Å². The average Bonchev–Trinajstić information content (AvgIpc) is 2.90. The predicted octanol–water partition coefficient (Wildman–Crippen LogP) is 4.29. The molecule has 20 heavy (non-hydrogen) atoms. The summed E-state index contributed by atoms with van der Waals surface area (Å²) in [4.78, 5) is 4.44. The Balaban J connectivity index is 1.88. The van der Waals surface area contributed by atoms with E-state index in [2.05, 4.69) is 10.1 Å². The maximum atomic E-state index is 6.14. The van der Waals surface area contributed by atoms with E-state index in [-0.39, 0.29) is 0 Å². The summed E-state index contributed by atoms with van der Waals surface area (Å²) in [5.41, 5.74) is 3.07. The van der Waals surface area contributed by atoms with Crippen LogP contribution in [-0.2, 0) is 6.42 Å². The number of halogens is 1. The van der Waals surface area contributed by atoms with Crippen molar-refractivity contribution >= 4 is 11.6 Å². The van der Waals surface area contributed by atoms with E-state index in [1.165, 1.54) is 0 Å². The maximum Gasteiger partial charge on any atom is 0.258 e. The van der Waals surface area contributed by atoms with Crippen molar-refractivity contribution in [3.8, 4) is 11.5 Å². The molecule has 0 spiro atoms. The second-order valence-electron chi connectivity index (χ2n) is 4.60. The van der Waals surface area contributed by atoms with Crippen LogP contribution in [0.4, 0.5) is 0 Å². The van der Waals surface area contributed by atoms with Gasteiger partial charge in [-0.05, 0) is 30.2 Å². The van der Waals surface area contributed by atoms with Gasteiger partial charge in [0.05, 0.1) is 0 Å². The minimum Gasteiger partial charge on any atom is -0.334 e. The molecule has 2 aromatic carbocycles. The predicted molar refractivity (Wildman–Crippen MR) is 78.7 cm³/mol. The zero-order valence-corrected chi connectivity index (χ0v) is 11.8. The Hall–Kier alpha value is -2.13. The molecule has 0 saturated carbocycles. The lowest BCUT2D eigenvalue weighted by Gasteiger charge is -1.99. The van der Waals surface area contributed by atoms with Crippen molar-refractivity contribution in [2.75, 3.05) is 0 Å². The van der Waals surface area contributed by atoms with Crippen molar-refractivity contribution in [3.63, 3.8) is 0 Å². The normalized spacial score (nSPS) is 10.7. The van der Waals surface area contributed by atoms with Crippen LogP contribution in [0.3, 0.4) is 0 Å². The summed E-state index contributed by atoms with van der Waals surface area (Å²) in [6.45, 7) is 2.02. The molecule has 0 aliphatic carbocycles. The second-order valence-corrected chi connectivity index (χ2v) is 5.01. The Labute approximate surface area is 122 Å². The minimum atomic E-state index is 0.546. The van der Waals surface area contributed by atoms with Gasteiger partial charge in [-0.1, -0.05) is 53.2 Å². The van der Waals surface area contributed by atoms with Crippen LogP contribution >= 0.6 is 11.6 Å². The molecule has 0 atom stereocenters. The molecular weight excluding hydrogens is 272 g/mol. The number of hydrogen-bond acceptors (Lipinski definition) is 3. The van der Waals surface area contributed by atoms with Crippen molar-refractivity contribution in [1.82, 2.24) is 10.1 Å². The molecule has 3 nitrogen and oxygen atoms in total. The molecule has 0 unspecified atom stereocenters. The van der Waals surface area contributed by atoms with Crippen LogP contribution in [0, 0.1) is 6.92 Å². The Morgan fingerprint density at radius 2 is 1.80 bits per heavy atom. The van der Waals surface area contributed by atoms with Crippen LogP contribution in [0.15, 0.2) is 53.1 Å². The molecule has 1 heterocycles. The molecule has 0 fully saturated rings.